The lowest BCUT2D eigenvalue weighted by molar-refractivity contribution is 0.0535. The predicted octanol–water partition coefficient (Wildman–Crippen LogP) is 2.15. The summed E-state index contributed by atoms with van der Waals surface area (Å²) in [7, 11) is 0. The Bertz CT molecular complexity index is 425. The molecule has 1 aromatic heterocycles. The molecule has 2 fully saturated rings. The minimum Gasteiger partial charge on any atom is -0.392 e. The Kier molecular flexibility index (Phi) is 3.78. The van der Waals surface area contributed by atoms with Crippen molar-refractivity contribution in [2.75, 3.05) is 19.6 Å². The highest BCUT2D eigenvalue weighted by molar-refractivity contribution is 9.10. The molecule has 3 nitrogen and oxygen atoms in total. The summed E-state index contributed by atoms with van der Waals surface area (Å²) in [5.74, 6) is 0. The number of aliphatic hydroxyl groups is 1. The lowest BCUT2D eigenvalue weighted by Crippen LogP contribution is -2.54. The van der Waals surface area contributed by atoms with Crippen LogP contribution in [-0.4, -0.2) is 52.7 Å². The molecule has 0 amide bonds. The van der Waals surface area contributed by atoms with Gasteiger partial charge in [-0.3, -0.25) is 9.80 Å². The molecule has 2 saturated heterocycles. The van der Waals surface area contributed by atoms with E-state index in [4.69, 9.17) is 0 Å². The number of rotatable bonds is 2. The maximum Gasteiger partial charge on any atom is 0.0682 e. The summed E-state index contributed by atoms with van der Waals surface area (Å²) in [5.41, 5.74) is 0. The minimum atomic E-state index is -0.113. The molecule has 1 unspecified atom stereocenters. The third kappa shape index (κ3) is 2.65. The van der Waals surface area contributed by atoms with E-state index in [1.807, 2.05) is 11.3 Å². The van der Waals surface area contributed by atoms with Gasteiger partial charge in [-0.05, 0) is 35.3 Å². The molecule has 0 spiro atoms. The van der Waals surface area contributed by atoms with Crippen LogP contribution in [-0.2, 0) is 6.54 Å². The molecule has 0 aromatic carbocycles. The number of halogens is 1. The summed E-state index contributed by atoms with van der Waals surface area (Å²) < 4.78 is 1.19. The van der Waals surface area contributed by atoms with Crippen molar-refractivity contribution in [3.63, 3.8) is 0 Å². The first-order valence-corrected chi connectivity index (χ1v) is 8.18. The molecule has 100 valence electrons. The van der Waals surface area contributed by atoms with Gasteiger partial charge in [0.15, 0.2) is 0 Å². The van der Waals surface area contributed by atoms with Crippen molar-refractivity contribution in [2.24, 2.45) is 0 Å². The van der Waals surface area contributed by atoms with Crippen molar-refractivity contribution in [2.45, 2.75) is 38.1 Å². The van der Waals surface area contributed by atoms with E-state index in [1.165, 1.54) is 9.35 Å². The molecule has 3 rings (SSSR count). The van der Waals surface area contributed by atoms with Gasteiger partial charge < -0.3 is 5.11 Å². The summed E-state index contributed by atoms with van der Waals surface area (Å²) in [6, 6.07) is 3.35. The summed E-state index contributed by atoms with van der Waals surface area (Å²) >= 11 is 5.34. The topological polar surface area (TPSA) is 26.7 Å². The van der Waals surface area contributed by atoms with E-state index >= 15 is 0 Å². The zero-order chi connectivity index (χ0) is 12.7. The molecule has 5 heteroatoms. The van der Waals surface area contributed by atoms with Crippen LogP contribution in [0.2, 0.25) is 0 Å². The van der Waals surface area contributed by atoms with Gasteiger partial charge in [0, 0.05) is 53.0 Å². The highest BCUT2D eigenvalue weighted by atomic mass is 79.9. The molecule has 2 aliphatic heterocycles. The van der Waals surface area contributed by atoms with Crippen LogP contribution in [0.1, 0.15) is 18.2 Å². The third-order valence-electron chi connectivity index (χ3n) is 4.05. The molecule has 0 aliphatic carbocycles. The van der Waals surface area contributed by atoms with Crippen LogP contribution in [0.5, 0.6) is 0 Å². The second kappa shape index (κ2) is 5.21. The highest BCUT2D eigenvalue weighted by Gasteiger charge is 2.37. The lowest BCUT2D eigenvalue weighted by Gasteiger charge is -2.42. The Hall–Kier alpha value is 0.0600. The molecule has 1 N–H and O–H groups in total. The Labute approximate surface area is 121 Å². The molecule has 0 saturated carbocycles. The Balaban J connectivity index is 1.66. The minimum absolute atomic E-state index is 0.113. The lowest BCUT2D eigenvalue weighted by atomic mass is 10.1. The number of thiophene rings is 1. The predicted molar refractivity (Wildman–Crippen MR) is 77.9 cm³/mol. The first-order chi connectivity index (χ1) is 8.61. The SMILES string of the molecule is C[C@H]1CN2C[C@H](O)CC2CN1Cc1cc(Br)cs1. The average molecular weight is 331 g/mol. The van der Waals surface area contributed by atoms with Gasteiger partial charge >= 0.3 is 0 Å². The van der Waals surface area contributed by atoms with Crippen LogP contribution in [0.25, 0.3) is 0 Å². The molecule has 18 heavy (non-hydrogen) atoms. The van der Waals surface area contributed by atoms with Gasteiger partial charge in [-0.25, -0.2) is 0 Å². The van der Waals surface area contributed by atoms with Gasteiger partial charge in [0.2, 0.25) is 0 Å². The van der Waals surface area contributed by atoms with Crippen LogP contribution in [0.3, 0.4) is 0 Å². The van der Waals surface area contributed by atoms with Gasteiger partial charge in [-0.1, -0.05) is 0 Å². The molecule has 3 atom stereocenters. The van der Waals surface area contributed by atoms with E-state index in [1.54, 1.807) is 0 Å². The zero-order valence-corrected chi connectivity index (χ0v) is 13.0. The number of fused-ring (bicyclic) bond motifs is 1. The van der Waals surface area contributed by atoms with Crippen LogP contribution in [0.15, 0.2) is 15.9 Å². The number of nitrogens with zero attached hydrogens (tertiary/aromatic N) is 2. The van der Waals surface area contributed by atoms with Crippen molar-refractivity contribution in [1.29, 1.82) is 0 Å². The van der Waals surface area contributed by atoms with Crippen molar-refractivity contribution < 1.29 is 5.11 Å². The second-order valence-corrected chi connectivity index (χ2v) is 7.42. The number of piperazine rings is 1. The van der Waals surface area contributed by atoms with E-state index < -0.39 is 0 Å². The number of aliphatic hydroxyl groups excluding tert-OH is 1. The molecule has 0 radical (unpaired) electrons. The first-order valence-electron chi connectivity index (χ1n) is 6.51. The summed E-state index contributed by atoms with van der Waals surface area (Å²) in [5, 5.41) is 11.9. The molecule has 1 aromatic rings. The normalized spacial score (nSPS) is 33.8. The number of hydrogen-bond acceptors (Lipinski definition) is 4. The monoisotopic (exact) mass is 330 g/mol. The Morgan fingerprint density at radius 2 is 2.28 bits per heavy atom. The van der Waals surface area contributed by atoms with E-state index in [0.717, 1.165) is 32.6 Å². The molecule has 2 aliphatic rings. The van der Waals surface area contributed by atoms with Gasteiger partial charge in [0.05, 0.1) is 6.10 Å². The second-order valence-electron chi connectivity index (χ2n) is 5.51. The summed E-state index contributed by atoms with van der Waals surface area (Å²) in [6.07, 6.45) is 0.829. The fourth-order valence-electron chi connectivity index (χ4n) is 3.13. The Morgan fingerprint density at radius 3 is 3.00 bits per heavy atom. The van der Waals surface area contributed by atoms with Crippen LogP contribution >= 0.6 is 27.3 Å². The maximum atomic E-state index is 9.76. The third-order valence-corrected chi connectivity index (χ3v) is 5.74. The van der Waals surface area contributed by atoms with Crippen molar-refractivity contribution in [1.82, 2.24) is 9.80 Å². The fourth-order valence-corrected chi connectivity index (χ4v) is 4.61. The fraction of sp³-hybridized carbons (Fsp3) is 0.692. The van der Waals surface area contributed by atoms with Gasteiger partial charge in [0.25, 0.3) is 0 Å². The smallest absolute Gasteiger partial charge is 0.0682 e. The number of hydrogen-bond donors (Lipinski definition) is 1. The first kappa shape index (κ1) is 13.1. The van der Waals surface area contributed by atoms with Gasteiger partial charge in [0.1, 0.15) is 0 Å². The molecule has 3 heterocycles. The molecular formula is C13H19BrN2OS. The Morgan fingerprint density at radius 1 is 1.44 bits per heavy atom. The molecular weight excluding hydrogens is 312 g/mol. The van der Waals surface area contributed by atoms with Gasteiger partial charge in [-0.15, -0.1) is 11.3 Å². The zero-order valence-electron chi connectivity index (χ0n) is 10.6. The van der Waals surface area contributed by atoms with Crippen molar-refractivity contribution in [3.05, 3.63) is 20.8 Å². The standard InChI is InChI=1S/C13H19BrN2OS/c1-9-4-16-6-12(17)3-11(16)5-15(9)7-13-2-10(14)8-18-13/h2,8-9,11-12,17H,3-7H2,1H3/t9-,11?,12+/m0/s1. The van der Waals surface area contributed by atoms with Crippen LogP contribution < -0.4 is 0 Å². The van der Waals surface area contributed by atoms with E-state index in [9.17, 15) is 5.11 Å². The quantitative estimate of drug-likeness (QED) is 0.900. The summed E-state index contributed by atoms with van der Waals surface area (Å²) in [4.78, 5) is 6.42. The van der Waals surface area contributed by atoms with E-state index in [2.05, 4.69) is 44.1 Å². The molecule has 0 bridgehead atoms. The van der Waals surface area contributed by atoms with E-state index in [-0.39, 0.29) is 6.10 Å². The van der Waals surface area contributed by atoms with E-state index in [0.29, 0.717) is 12.1 Å². The van der Waals surface area contributed by atoms with Crippen molar-refractivity contribution >= 4 is 27.3 Å². The van der Waals surface area contributed by atoms with Crippen LogP contribution in [0.4, 0.5) is 0 Å². The van der Waals surface area contributed by atoms with Crippen LogP contribution in [0, 0.1) is 0 Å². The van der Waals surface area contributed by atoms with Gasteiger partial charge in [-0.2, -0.15) is 0 Å². The van der Waals surface area contributed by atoms with Crippen molar-refractivity contribution in [3.8, 4) is 0 Å². The average Bonchev–Trinajstić information content (AvgIpc) is 2.85. The maximum absolute atomic E-state index is 9.76. The highest BCUT2D eigenvalue weighted by Crippen LogP contribution is 2.28. The largest absolute Gasteiger partial charge is 0.392 e. The summed E-state index contributed by atoms with van der Waals surface area (Å²) in [6.45, 7) is 6.39.